The van der Waals surface area contributed by atoms with Crippen LogP contribution in [0.4, 0.5) is 0 Å². The standard InChI is InChI=1S/C2H8N2O.H3N/c3-4-1-2-5;/h4-5H,1-3H2;1H3. The van der Waals surface area contributed by atoms with Gasteiger partial charge in [-0.3, -0.25) is 11.3 Å². The third-order valence-corrected chi connectivity index (χ3v) is 0.256. The molecule has 0 unspecified atom stereocenters. The quantitative estimate of drug-likeness (QED) is 0.249. The molecule has 0 aromatic carbocycles. The van der Waals surface area contributed by atoms with Crippen LogP contribution >= 0.6 is 0 Å². The van der Waals surface area contributed by atoms with Crippen molar-refractivity contribution in [2.24, 2.45) is 5.84 Å². The van der Waals surface area contributed by atoms with E-state index in [1.807, 2.05) is 0 Å². The molecule has 0 saturated heterocycles. The first-order valence-corrected chi connectivity index (χ1v) is 1.46. The smallest absolute Gasteiger partial charge is 0.0569 e. The highest BCUT2D eigenvalue weighted by Crippen LogP contribution is 1.39. The van der Waals surface area contributed by atoms with Crippen molar-refractivity contribution in [3.05, 3.63) is 0 Å². The molecule has 0 aromatic rings. The number of aliphatic hydroxyl groups excluding tert-OH is 1. The van der Waals surface area contributed by atoms with Gasteiger partial charge in [0, 0.05) is 6.54 Å². The minimum Gasteiger partial charge on any atom is -0.395 e. The van der Waals surface area contributed by atoms with Crippen molar-refractivity contribution in [3.63, 3.8) is 0 Å². The molecule has 4 nitrogen and oxygen atoms in total. The van der Waals surface area contributed by atoms with E-state index in [9.17, 15) is 0 Å². The molecule has 0 aliphatic heterocycles. The van der Waals surface area contributed by atoms with E-state index in [4.69, 9.17) is 10.9 Å². The molecule has 6 heavy (non-hydrogen) atoms. The molecule has 7 N–H and O–H groups in total. The van der Waals surface area contributed by atoms with Crippen LogP contribution in [0.15, 0.2) is 0 Å². The minimum atomic E-state index is 0. The van der Waals surface area contributed by atoms with Gasteiger partial charge in [0.2, 0.25) is 0 Å². The molecule has 40 valence electrons. The highest BCUT2D eigenvalue weighted by atomic mass is 16.3. The van der Waals surface area contributed by atoms with Crippen molar-refractivity contribution in [2.45, 2.75) is 0 Å². The molecule has 0 amide bonds. The van der Waals surface area contributed by atoms with Crippen LogP contribution in [0.5, 0.6) is 0 Å². The van der Waals surface area contributed by atoms with Gasteiger partial charge in [0.1, 0.15) is 0 Å². The normalized spacial score (nSPS) is 7.00. The molecule has 0 rings (SSSR count). The van der Waals surface area contributed by atoms with E-state index in [1.165, 1.54) is 0 Å². The fourth-order valence-corrected chi connectivity index (χ4v) is 0.0645. The van der Waals surface area contributed by atoms with Gasteiger partial charge in [0.25, 0.3) is 0 Å². The summed E-state index contributed by atoms with van der Waals surface area (Å²) in [5, 5.41) is 7.92. The molecular formula is C2H11N3O. The lowest BCUT2D eigenvalue weighted by Gasteiger charge is -1.84. The van der Waals surface area contributed by atoms with Gasteiger partial charge in [-0.25, -0.2) is 0 Å². The first kappa shape index (κ1) is 9.28. The number of hydrazine groups is 1. The highest BCUT2D eigenvalue weighted by molar-refractivity contribution is 4.24. The van der Waals surface area contributed by atoms with Crippen LogP contribution < -0.4 is 17.4 Å². The Bertz CT molecular complexity index is 16.3. The Labute approximate surface area is 36.9 Å². The van der Waals surface area contributed by atoms with Gasteiger partial charge < -0.3 is 11.3 Å². The topological polar surface area (TPSA) is 93.3 Å². The fourth-order valence-electron chi connectivity index (χ4n) is 0.0645. The van der Waals surface area contributed by atoms with Gasteiger partial charge in [-0.15, -0.1) is 0 Å². The van der Waals surface area contributed by atoms with E-state index in [2.05, 4.69) is 5.43 Å². The molecule has 0 heterocycles. The summed E-state index contributed by atoms with van der Waals surface area (Å²) in [4.78, 5) is 0. The van der Waals surface area contributed by atoms with Gasteiger partial charge in [-0.05, 0) is 0 Å². The highest BCUT2D eigenvalue weighted by Gasteiger charge is 1.66. The SMILES string of the molecule is N.NNCCO. The van der Waals surface area contributed by atoms with Crippen LogP contribution in [0.1, 0.15) is 0 Å². The summed E-state index contributed by atoms with van der Waals surface area (Å²) in [7, 11) is 0. The lowest BCUT2D eigenvalue weighted by atomic mass is 10.7. The Balaban J connectivity index is 0. The summed E-state index contributed by atoms with van der Waals surface area (Å²) >= 11 is 0. The molecule has 4 heteroatoms. The molecule has 0 aromatic heterocycles. The first-order valence-electron chi connectivity index (χ1n) is 1.46. The summed E-state index contributed by atoms with van der Waals surface area (Å²) in [6.07, 6.45) is 0. The third-order valence-electron chi connectivity index (χ3n) is 0.256. The van der Waals surface area contributed by atoms with Crippen LogP contribution in [0.2, 0.25) is 0 Å². The molecule has 0 aliphatic rings. The monoisotopic (exact) mass is 93.1 g/mol. The lowest BCUT2D eigenvalue weighted by Crippen LogP contribution is -2.24. The van der Waals surface area contributed by atoms with Crippen molar-refractivity contribution in [1.29, 1.82) is 0 Å². The van der Waals surface area contributed by atoms with Crippen molar-refractivity contribution in [2.75, 3.05) is 13.2 Å². The molecule has 0 radical (unpaired) electrons. The Morgan fingerprint density at radius 3 is 2.17 bits per heavy atom. The van der Waals surface area contributed by atoms with Crippen molar-refractivity contribution in [1.82, 2.24) is 11.6 Å². The van der Waals surface area contributed by atoms with Crippen LogP contribution in [0, 0.1) is 0 Å². The summed E-state index contributed by atoms with van der Waals surface area (Å²) < 4.78 is 0. The Hall–Kier alpha value is -0.160. The first-order chi connectivity index (χ1) is 2.41. The van der Waals surface area contributed by atoms with Crippen molar-refractivity contribution < 1.29 is 5.11 Å². The van der Waals surface area contributed by atoms with E-state index in [0.29, 0.717) is 6.54 Å². The minimum absolute atomic E-state index is 0. The predicted molar refractivity (Wildman–Crippen MR) is 24.3 cm³/mol. The Morgan fingerprint density at radius 1 is 1.67 bits per heavy atom. The second kappa shape index (κ2) is 8.85. The average Bonchev–Trinajstić information content (AvgIpc) is 1.41. The zero-order chi connectivity index (χ0) is 4.12. The van der Waals surface area contributed by atoms with Crippen LogP contribution in [0.25, 0.3) is 0 Å². The van der Waals surface area contributed by atoms with E-state index in [0.717, 1.165) is 0 Å². The molecular weight excluding hydrogens is 82.0 g/mol. The number of hydrogen-bond acceptors (Lipinski definition) is 4. The maximum absolute atomic E-state index is 7.92. The number of nitrogens with one attached hydrogen (secondary N) is 1. The molecule has 0 saturated carbocycles. The Morgan fingerprint density at radius 2 is 2.17 bits per heavy atom. The van der Waals surface area contributed by atoms with Crippen LogP contribution in [-0.2, 0) is 0 Å². The molecule has 0 fully saturated rings. The maximum Gasteiger partial charge on any atom is 0.0569 e. The average molecular weight is 93.1 g/mol. The maximum atomic E-state index is 7.92. The number of nitrogens with two attached hydrogens (primary N) is 1. The Kier molecular flexibility index (Phi) is 13.7. The van der Waals surface area contributed by atoms with E-state index >= 15 is 0 Å². The zero-order valence-electron chi connectivity index (χ0n) is 3.65. The predicted octanol–water partition coefficient (Wildman–Crippen LogP) is -1.40. The molecule has 0 atom stereocenters. The van der Waals surface area contributed by atoms with Gasteiger partial charge in [0.15, 0.2) is 0 Å². The van der Waals surface area contributed by atoms with Gasteiger partial charge >= 0.3 is 0 Å². The number of aliphatic hydroxyl groups is 1. The van der Waals surface area contributed by atoms with Gasteiger partial charge in [0.05, 0.1) is 6.61 Å². The van der Waals surface area contributed by atoms with E-state index < -0.39 is 0 Å². The largest absolute Gasteiger partial charge is 0.395 e. The molecule has 0 spiro atoms. The molecule has 0 bridgehead atoms. The van der Waals surface area contributed by atoms with Crippen LogP contribution in [-0.4, -0.2) is 18.3 Å². The molecule has 0 aliphatic carbocycles. The zero-order valence-corrected chi connectivity index (χ0v) is 3.65. The second-order valence-electron chi connectivity index (χ2n) is 0.678. The van der Waals surface area contributed by atoms with Crippen LogP contribution in [0.3, 0.4) is 0 Å². The van der Waals surface area contributed by atoms with E-state index in [1.54, 1.807) is 0 Å². The van der Waals surface area contributed by atoms with Crippen molar-refractivity contribution >= 4 is 0 Å². The third kappa shape index (κ3) is 9.15. The number of hydrogen-bond donors (Lipinski definition) is 4. The summed E-state index contributed by atoms with van der Waals surface area (Å²) in [5.74, 6) is 4.73. The summed E-state index contributed by atoms with van der Waals surface area (Å²) in [6.45, 7) is 0.580. The lowest BCUT2D eigenvalue weighted by molar-refractivity contribution is 0.293. The fraction of sp³-hybridized carbons (Fsp3) is 1.00. The van der Waals surface area contributed by atoms with Gasteiger partial charge in [-0.2, -0.15) is 0 Å². The van der Waals surface area contributed by atoms with E-state index in [-0.39, 0.29) is 12.8 Å². The number of rotatable bonds is 2. The van der Waals surface area contributed by atoms with Crippen molar-refractivity contribution in [3.8, 4) is 0 Å². The van der Waals surface area contributed by atoms with Gasteiger partial charge in [-0.1, -0.05) is 0 Å². The summed E-state index contributed by atoms with van der Waals surface area (Å²) in [6, 6.07) is 0. The summed E-state index contributed by atoms with van der Waals surface area (Å²) in [5.41, 5.74) is 2.27. The second-order valence-corrected chi connectivity index (χ2v) is 0.678.